The van der Waals surface area contributed by atoms with Gasteiger partial charge in [0.15, 0.2) is 0 Å². The van der Waals surface area contributed by atoms with E-state index >= 15 is 0 Å². The second-order valence-electron chi connectivity index (χ2n) is 5.24. The monoisotopic (exact) mass is 305 g/mol. The van der Waals surface area contributed by atoms with Crippen LogP contribution in [-0.2, 0) is 10.0 Å². The quantitative estimate of drug-likeness (QED) is 0.643. The normalized spacial score (nSPS) is 15.3. The van der Waals surface area contributed by atoms with Gasteiger partial charge in [0.1, 0.15) is 10.7 Å². The average Bonchev–Trinajstić information content (AvgIpc) is 2.28. The lowest BCUT2D eigenvalue weighted by Gasteiger charge is -2.27. The van der Waals surface area contributed by atoms with E-state index < -0.39 is 21.4 Å². The zero-order chi connectivity index (χ0) is 15.6. The maximum Gasteiger partial charge on any atom is 0.242 e. The van der Waals surface area contributed by atoms with Gasteiger partial charge in [0.05, 0.1) is 11.3 Å². The van der Waals surface area contributed by atoms with Crippen molar-refractivity contribution in [2.45, 2.75) is 17.4 Å². The Morgan fingerprint density at radius 2 is 2.05 bits per heavy atom. The molecule has 8 heteroatoms. The molecule has 1 unspecified atom stereocenters. The van der Waals surface area contributed by atoms with Crippen LogP contribution in [0.1, 0.15) is 6.92 Å². The molecule has 0 aromatic heterocycles. The van der Waals surface area contributed by atoms with E-state index in [9.17, 15) is 17.9 Å². The molecule has 0 heterocycles. The first-order valence-corrected chi connectivity index (χ1v) is 7.44. The van der Waals surface area contributed by atoms with Crippen molar-refractivity contribution in [1.29, 1.82) is 0 Å². The number of likely N-dealkylation sites (N-methyl/N-ethyl adjacent to an activating group) is 1. The van der Waals surface area contributed by atoms with Crippen LogP contribution in [0, 0.1) is 5.82 Å². The van der Waals surface area contributed by atoms with Crippen molar-refractivity contribution in [3.63, 3.8) is 0 Å². The fourth-order valence-corrected chi connectivity index (χ4v) is 3.11. The Hall–Kier alpha value is -1.22. The van der Waals surface area contributed by atoms with E-state index in [2.05, 4.69) is 4.72 Å². The summed E-state index contributed by atoms with van der Waals surface area (Å²) < 4.78 is 39.5. The number of anilines is 1. The summed E-state index contributed by atoms with van der Waals surface area (Å²) in [7, 11) is -0.461. The third-order valence-corrected chi connectivity index (χ3v) is 4.02. The van der Waals surface area contributed by atoms with Gasteiger partial charge in [-0.15, -0.1) is 0 Å². The molecule has 1 rings (SSSR count). The van der Waals surface area contributed by atoms with Gasteiger partial charge < -0.3 is 15.7 Å². The maximum absolute atomic E-state index is 13.1. The van der Waals surface area contributed by atoms with Crippen molar-refractivity contribution in [2.24, 2.45) is 0 Å². The molecule has 0 aliphatic heterocycles. The van der Waals surface area contributed by atoms with Gasteiger partial charge in [0.2, 0.25) is 10.0 Å². The van der Waals surface area contributed by atoms with Crippen molar-refractivity contribution in [1.82, 2.24) is 9.62 Å². The predicted octanol–water partition coefficient (Wildman–Crippen LogP) is -0.00120. The highest BCUT2D eigenvalue weighted by molar-refractivity contribution is 7.89. The van der Waals surface area contributed by atoms with E-state index in [1.807, 2.05) is 0 Å². The summed E-state index contributed by atoms with van der Waals surface area (Å²) in [6.07, 6.45) is 0. The SMILES string of the molecule is CN(C)CC(C)(O)CNS(=O)(=O)c1cc(F)ccc1N. The molecule has 1 atom stereocenters. The number of rotatable bonds is 6. The molecule has 0 aliphatic carbocycles. The topological polar surface area (TPSA) is 95.7 Å². The second kappa shape index (κ2) is 6.04. The summed E-state index contributed by atoms with van der Waals surface area (Å²) in [5.74, 6) is -0.695. The summed E-state index contributed by atoms with van der Waals surface area (Å²) in [5, 5.41) is 10.0. The van der Waals surface area contributed by atoms with Crippen LogP contribution in [0.3, 0.4) is 0 Å². The van der Waals surface area contributed by atoms with Crippen molar-refractivity contribution in [3.8, 4) is 0 Å². The fourth-order valence-electron chi connectivity index (χ4n) is 1.81. The molecule has 1 aromatic rings. The summed E-state index contributed by atoms with van der Waals surface area (Å²) in [4.78, 5) is 1.39. The minimum atomic E-state index is -3.98. The third kappa shape index (κ3) is 4.71. The summed E-state index contributed by atoms with van der Waals surface area (Å²) >= 11 is 0. The molecule has 0 saturated heterocycles. The van der Waals surface area contributed by atoms with Gasteiger partial charge in [-0.25, -0.2) is 17.5 Å². The number of nitrogen functional groups attached to an aromatic ring is 1. The van der Waals surface area contributed by atoms with Crippen LogP contribution in [0.4, 0.5) is 10.1 Å². The molecule has 0 bridgehead atoms. The molecular formula is C12H20FN3O3S. The minimum absolute atomic E-state index is 0.0499. The number of hydrogen-bond acceptors (Lipinski definition) is 5. The van der Waals surface area contributed by atoms with E-state index in [4.69, 9.17) is 5.73 Å². The maximum atomic E-state index is 13.1. The van der Waals surface area contributed by atoms with Crippen LogP contribution in [0.2, 0.25) is 0 Å². The number of nitrogens with one attached hydrogen (secondary N) is 1. The number of aliphatic hydroxyl groups is 1. The number of sulfonamides is 1. The summed E-state index contributed by atoms with van der Waals surface area (Å²) in [6.45, 7) is 1.57. The Bertz CT molecular complexity index is 573. The van der Waals surface area contributed by atoms with E-state index in [1.165, 1.54) is 13.0 Å². The second-order valence-corrected chi connectivity index (χ2v) is 6.98. The standard InChI is InChI=1S/C12H20FN3O3S/c1-12(17,8-16(2)3)7-15-20(18,19)11-6-9(13)4-5-10(11)14/h4-6,15,17H,7-8,14H2,1-3H3. The number of nitrogens with two attached hydrogens (primary N) is 1. The van der Waals surface area contributed by atoms with Crippen LogP contribution < -0.4 is 10.5 Å². The van der Waals surface area contributed by atoms with Crippen LogP contribution in [0.25, 0.3) is 0 Å². The van der Waals surface area contributed by atoms with Gasteiger partial charge in [0.25, 0.3) is 0 Å². The predicted molar refractivity (Wildman–Crippen MR) is 75.2 cm³/mol. The Morgan fingerprint density at radius 3 is 2.60 bits per heavy atom. The Labute approximate surface area is 118 Å². The highest BCUT2D eigenvalue weighted by atomic mass is 32.2. The molecule has 1 aromatic carbocycles. The first kappa shape index (κ1) is 16.8. The van der Waals surface area contributed by atoms with Crippen molar-refractivity contribution in [3.05, 3.63) is 24.0 Å². The van der Waals surface area contributed by atoms with Gasteiger partial charge in [-0.2, -0.15) is 0 Å². The summed E-state index contributed by atoms with van der Waals surface area (Å²) in [6, 6.07) is 3.11. The third-order valence-electron chi connectivity index (χ3n) is 2.57. The Morgan fingerprint density at radius 1 is 1.45 bits per heavy atom. The van der Waals surface area contributed by atoms with E-state index in [0.29, 0.717) is 0 Å². The number of hydrogen-bond donors (Lipinski definition) is 3. The van der Waals surface area contributed by atoms with E-state index in [0.717, 1.165) is 12.1 Å². The molecule has 0 aliphatic rings. The van der Waals surface area contributed by atoms with Crippen molar-refractivity contribution >= 4 is 15.7 Å². The van der Waals surface area contributed by atoms with Gasteiger partial charge in [-0.1, -0.05) is 0 Å². The van der Waals surface area contributed by atoms with Crippen LogP contribution in [0.5, 0.6) is 0 Å². The molecule has 0 spiro atoms. The molecule has 6 nitrogen and oxygen atoms in total. The average molecular weight is 305 g/mol. The number of halogens is 1. The first-order chi connectivity index (χ1) is 9.03. The lowest BCUT2D eigenvalue weighted by molar-refractivity contribution is 0.0386. The highest BCUT2D eigenvalue weighted by Gasteiger charge is 2.26. The van der Waals surface area contributed by atoms with E-state index in [-0.39, 0.29) is 23.7 Å². The van der Waals surface area contributed by atoms with Crippen LogP contribution >= 0.6 is 0 Å². The lowest BCUT2D eigenvalue weighted by atomic mass is 10.1. The minimum Gasteiger partial charge on any atom is -0.398 e. The van der Waals surface area contributed by atoms with E-state index in [1.54, 1.807) is 19.0 Å². The Kier molecular flexibility index (Phi) is 5.09. The molecule has 0 fully saturated rings. The van der Waals surface area contributed by atoms with Gasteiger partial charge in [-0.05, 0) is 39.2 Å². The summed E-state index contributed by atoms with van der Waals surface area (Å²) in [5.41, 5.74) is 4.24. The molecule has 0 radical (unpaired) electrons. The lowest BCUT2D eigenvalue weighted by Crippen LogP contribution is -2.47. The number of benzene rings is 1. The highest BCUT2D eigenvalue weighted by Crippen LogP contribution is 2.19. The molecule has 114 valence electrons. The molecular weight excluding hydrogens is 285 g/mol. The first-order valence-electron chi connectivity index (χ1n) is 5.95. The molecule has 20 heavy (non-hydrogen) atoms. The van der Waals surface area contributed by atoms with Crippen LogP contribution in [0.15, 0.2) is 23.1 Å². The molecule has 0 amide bonds. The largest absolute Gasteiger partial charge is 0.398 e. The van der Waals surface area contributed by atoms with Gasteiger partial charge >= 0.3 is 0 Å². The molecule has 4 N–H and O–H groups in total. The zero-order valence-corrected chi connectivity index (χ0v) is 12.5. The van der Waals surface area contributed by atoms with Gasteiger partial charge in [0, 0.05) is 13.1 Å². The van der Waals surface area contributed by atoms with Crippen molar-refractivity contribution in [2.75, 3.05) is 32.9 Å². The van der Waals surface area contributed by atoms with Crippen LogP contribution in [-0.4, -0.2) is 51.2 Å². The molecule has 0 saturated carbocycles. The Balaban J connectivity index is 2.88. The zero-order valence-electron chi connectivity index (χ0n) is 11.7. The van der Waals surface area contributed by atoms with Crippen molar-refractivity contribution < 1.29 is 17.9 Å². The fraction of sp³-hybridized carbons (Fsp3) is 0.500. The smallest absolute Gasteiger partial charge is 0.242 e. The van der Waals surface area contributed by atoms with Gasteiger partial charge in [-0.3, -0.25) is 0 Å². The number of nitrogens with zero attached hydrogens (tertiary/aromatic N) is 1.